The smallest absolute Gasteiger partial charge is 0.327 e. The van der Waals surface area contributed by atoms with Crippen molar-refractivity contribution in [2.24, 2.45) is 0 Å². The number of nitrogens with zero attached hydrogens (tertiary/aromatic N) is 6. The normalized spacial score (nSPS) is 16.0. The largest absolute Gasteiger partial charge is 0.495 e. The van der Waals surface area contributed by atoms with Crippen LogP contribution in [-0.4, -0.2) is 115 Å². The number of hydrogen-bond donors (Lipinski definition) is 4. The molecule has 0 radical (unpaired) electrons. The topological polar surface area (TPSA) is 208 Å². The minimum atomic E-state index is -1.01. The van der Waals surface area contributed by atoms with Crippen molar-refractivity contribution in [3.63, 3.8) is 0 Å². The van der Waals surface area contributed by atoms with Crippen molar-refractivity contribution in [2.45, 2.75) is 57.4 Å². The summed E-state index contributed by atoms with van der Waals surface area (Å²) in [5.74, 6) is -0.604. The number of halogens is 2. The van der Waals surface area contributed by atoms with Gasteiger partial charge in [0.05, 0.1) is 31.0 Å². The van der Waals surface area contributed by atoms with Crippen LogP contribution in [0, 0.1) is 0 Å². The standard InChI is InChI=1S/C45H50Cl2N10O8/c1-54(45(63)53-41-39(46)32(64-2)24-33(65-3)40(41)47)35-25-34(49-26-50-35)51-27-13-15-28(16-14-27)55-20-22-56(23-21-55)37(59)12-7-5-4-6-8-19-48-30-11-9-10-29-38(30)44(62)57(43(29)61)31-17-18-36(58)52-42(31)60/h9-11,13-16,24-26,31,48H,4-8,12,17-23H2,1-3H3,(H,53,63)(H,49,50,51)(H,52,58,60). The van der Waals surface area contributed by atoms with Gasteiger partial charge in [0, 0.05) is 81.8 Å². The van der Waals surface area contributed by atoms with E-state index < -0.39 is 35.7 Å². The summed E-state index contributed by atoms with van der Waals surface area (Å²) < 4.78 is 10.6. The summed E-state index contributed by atoms with van der Waals surface area (Å²) in [4.78, 5) is 91.7. The third kappa shape index (κ3) is 10.5. The van der Waals surface area contributed by atoms with E-state index in [1.165, 1.54) is 31.5 Å². The molecule has 0 aliphatic carbocycles. The predicted octanol–water partition coefficient (Wildman–Crippen LogP) is 6.72. The minimum absolute atomic E-state index is 0.0676. The maximum Gasteiger partial charge on any atom is 0.327 e. The first kappa shape index (κ1) is 46.3. The van der Waals surface area contributed by atoms with Crippen LogP contribution in [0.25, 0.3) is 0 Å². The summed E-state index contributed by atoms with van der Waals surface area (Å²) in [5.41, 5.74) is 3.00. The zero-order valence-electron chi connectivity index (χ0n) is 36.2. The number of anilines is 6. The monoisotopic (exact) mass is 928 g/mol. The Kier molecular flexibility index (Phi) is 14.9. The number of rotatable bonds is 17. The molecular weight excluding hydrogens is 879 g/mol. The van der Waals surface area contributed by atoms with Gasteiger partial charge in [0.1, 0.15) is 45.5 Å². The average Bonchev–Trinajstić information content (AvgIpc) is 3.57. The molecule has 3 aromatic carbocycles. The first-order chi connectivity index (χ1) is 31.4. The van der Waals surface area contributed by atoms with Crippen molar-refractivity contribution in [1.82, 2.24) is 25.1 Å². The molecule has 1 atom stereocenters. The number of methoxy groups -OCH3 is 2. The third-order valence-corrected chi connectivity index (χ3v) is 12.3. The molecule has 1 unspecified atom stereocenters. The number of ether oxygens (including phenoxy) is 2. The van der Waals surface area contributed by atoms with E-state index in [4.69, 9.17) is 32.7 Å². The zero-order chi connectivity index (χ0) is 46.2. The van der Waals surface area contributed by atoms with E-state index in [2.05, 4.69) is 36.1 Å². The number of carbonyl (C=O) groups excluding carboxylic acids is 6. The van der Waals surface area contributed by atoms with Crippen LogP contribution in [0.1, 0.15) is 72.1 Å². The van der Waals surface area contributed by atoms with Gasteiger partial charge in [0.15, 0.2) is 0 Å². The molecule has 18 nitrogen and oxygen atoms in total. The fourth-order valence-electron chi connectivity index (χ4n) is 7.98. The summed E-state index contributed by atoms with van der Waals surface area (Å²) in [6.45, 7) is 3.31. The molecule has 65 heavy (non-hydrogen) atoms. The molecular formula is C45H50Cl2N10O8. The van der Waals surface area contributed by atoms with Gasteiger partial charge in [-0.3, -0.25) is 39.1 Å². The fourth-order valence-corrected chi connectivity index (χ4v) is 8.58. The molecule has 2 saturated heterocycles. The van der Waals surface area contributed by atoms with Gasteiger partial charge in [-0.05, 0) is 55.7 Å². The van der Waals surface area contributed by atoms with Crippen molar-refractivity contribution in [2.75, 3.05) is 79.7 Å². The van der Waals surface area contributed by atoms with Gasteiger partial charge in [0.2, 0.25) is 17.7 Å². The summed E-state index contributed by atoms with van der Waals surface area (Å²) in [6.07, 6.45) is 6.49. The van der Waals surface area contributed by atoms with Gasteiger partial charge in [-0.25, -0.2) is 14.8 Å². The lowest BCUT2D eigenvalue weighted by molar-refractivity contribution is -0.136. The second kappa shape index (κ2) is 20.9. The molecule has 20 heteroatoms. The molecule has 0 saturated carbocycles. The fraction of sp³-hybridized carbons (Fsp3) is 0.378. The molecule has 7 amide bonds. The number of urea groups is 1. The van der Waals surface area contributed by atoms with E-state index in [0.29, 0.717) is 56.5 Å². The highest BCUT2D eigenvalue weighted by Crippen LogP contribution is 2.44. The van der Waals surface area contributed by atoms with Gasteiger partial charge in [-0.15, -0.1) is 0 Å². The average molecular weight is 930 g/mol. The lowest BCUT2D eigenvalue weighted by Gasteiger charge is -2.36. The van der Waals surface area contributed by atoms with Crippen molar-refractivity contribution in [1.29, 1.82) is 0 Å². The Balaban J connectivity index is 0.795. The number of benzene rings is 3. The number of carbonyl (C=O) groups is 6. The van der Waals surface area contributed by atoms with E-state index in [-0.39, 0.29) is 57.1 Å². The van der Waals surface area contributed by atoms with Gasteiger partial charge in [-0.2, -0.15) is 0 Å². The van der Waals surface area contributed by atoms with Crippen molar-refractivity contribution in [3.05, 3.63) is 82.1 Å². The molecule has 3 aliphatic rings. The summed E-state index contributed by atoms with van der Waals surface area (Å²) >= 11 is 12.9. The quantitative estimate of drug-likeness (QED) is 0.0642. The molecule has 4 heterocycles. The first-order valence-electron chi connectivity index (χ1n) is 21.3. The van der Waals surface area contributed by atoms with E-state index in [0.717, 1.165) is 48.4 Å². The van der Waals surface area contributed by atoms with E-state index >= 15 is 0 Å². The zero-order valence-corrected chi connectivity index (χ0v) is 37.8. The molecule has 7 rings (SSSR count). The number of amides is 7. The molecule has 3 aliphatic heterocycles. The van der Waals surface area contributed by atoms with Crippen molar-refractivity contribution in [3.8, 4) is 11.5 Å². The van der Waals surface area contributed by atoms with E-state index in [1.807, 2.05) is 29.2 Å². The van der Waals surface area contributed by atoms with Crippen LogP contribution in [-0.2, 0) is 14.4 Å². The number of aromatic nitrogens is 2. The molecule has 4 N–H and O–H groups in total. The van der Waals surface area contributed by atoms with Gasteiger partial charge in [0.25, 0.3) is 11.8 Å². The molecule has 2 fully saturated rings. The van der Waals surface area contributed by atoms with Gasteiger partial charge >= 0.3 is 6.03 Å². The van der Waals surface area contributed by atoms with Crippen LogP contribution in [0.3, 0.4) is 0 Å². The van der Waals surface area contributed by atoms with Crippen LogP contribution >= 0.6 is 23.2 Å². The second-order valence-corrected chi connectivity index (χ2v) is 16.5. The Morgan fingerprint density at radius 1 is 0.862 bits per heavy atom. The SMILES string of the molecule is COc1cc(OC)c(Cl)c(NC(=O)N(C)c2cc(Nc3ccc(N4CCN(C(=O)CCCCCCCNc5cccc6c5C(=O)N(C5CCC(=O)NC5=O)C6=O)CC4)cc3)ncn2)c1Cl. The number of hydrogen-bond acceptors (Lipinski definition) is 13. The Morgan fingerprint density at radius 3 is 2.25 bits per heavy atom. The number of imide groups is 2. The van der Waals surface area contributed by atoms with Crippen LogP contribution < -0.4 is 40.5 Å². The van der Waals surface area contributed by atoms with Crippen LogP contribution in [0.4, 0.5) is 39.2 Å². The Hall–Kier alpha value is -6.66. The van der Waals surface area contributed by atoms with Crippen LogP contribution in [0.15, 0.2) is 60.9 Å². The molecule has 0 spiro atoms. The number of nitrogens with one attached hydrogen (secondary N) is 4. The van der Waals surface area contributed by atoms with E-state index in [9.17, 15) is 28.8 Å². The number of piperazine rings is 1. The Bertz CT molecular complexity index is 2440. The summed E-state index contributed by atoms with van der Waals surface area (Å²) in [6, 6.07) is 14.5. The first-order valence-corrected chi connectivity index (χ1v) is 22.1. The van der Waals surface area contributed by atoms with E-state index in [1.54, 1.807) is 31.3 Å². The minimum Gasteiger partial charge on any atom is -0.495 e. The summed E-state index contributed by atoms with van der Waals surface area (Å²) in [5, 5.41) is 11.7. The molecule has 1 aromatic heterocycles. The maximum atomic E-state index is 13.3. The maximum absolute atomic E-state index is 13.3. The Morgan fingerprint density at radius 2 is 1.55 bits per heavy atom. The summed E-state index contributed by atoms with van der Waals surface area (Å²) in [7, 11) is 4.43. The molecule has 4 aromatic rings. The lowest BCUT2D eigenvalue weighted by Crippen LogP contribution is -2.54. The number of piperidine rings is 1. The van der Waals surface area contributed by atoms with Gasteiger partial charge < -0.3 is 35.2 Å². The van der Waals surface area contributed by atoms with Crippen LogP contribution in [0.2, 0.25) is 10.0 Å². The van der Waals surface area contributed by atoms with Crippen LogP contribution in [0.5, 0.6) is 11.5 Å². The number of unbranched alkanes of at least 4 members (excludes halogenated alkanes) is 4. The second-order valence-electron chi connectivity index (χ2n) is 15.7. The predicted molar refractivity (Wildman–Crippen MR) is 247 cm³/mol. The third-order valence-electron chi connectivity index (χ3n) is 11.6. The highest BCUT2D eigenvalue weighted by molar-refractivity contribution is 6.41. The molecule has 0 bridgehead atoms. The molecule has 342 valence electrons. The van der Waals surface area contributed by atoms with Gasteiger partial charge in [-0.1, -0.05) is 48.5 Å². The highest BCUT2D eigenvalue weighted by atomic mass is 35.5. The number of fused-ring (bicyclic) bond motifs is 1. The lowest BCUT2D eigenvalue weighted by atomic mass is 10.0. The highest BCUT2D eigenvalue weighted by Gasteiger charge is 2.45. The van der Waals surface area contributed by atoms with Crippen molar-refractivity contribution >= 4 is 93.2 Å². The Labute approximate surface area is 385 Å². The van der Waals surface area contributed by atoms with Crippen molar-refractivity contribution < 1.29 is 38.2 Å².